The third-order valence-corrected chi connectivity index (χ3v) is 5.99. The van der Waals surface area contributed by atoms with Gasteiger partial charge in [-0.25, -0.2) is 8.78 Å². The summed E-state index contributed by atoms with van der Waals surface area (Å²) in [6.45, 7) is 4.98. The number of alkyl halides is 2. The van der Waals surface area contributed by atoms with Gasteiger partial charge in [0, 0.05) is 30.5 Å². The Bertz CT molecular complexity index is 1080. The van der Waals surface area contributed by atoms with Gasteiger partial charge in [0.1, 0.15) is 0 Å². The quantitative estimate of drug-likeness (QED) is 0.698. The van der Waals surface area contributed by atoms with Crippen molar-refractivity contribution < 1.29 is 13.5 Å². The van der Waals surface area contributed by atoms with E-state index in [4.69, 9.17) is 4.74 Å². The number of hydrogen-bond acceptors (Lipinski definition) is 6. The summed E-state index contributed by atoms with van der Waals surface area (Å²) in [5.74, 6) is -2.15. The van der Waals surface area contributed by atoms with Crippen molar-refractivity contribution in [2.45, 2.75) is 31.7 Å². The summed E-state index contributed by atoms with van der Waals surface area (Å²) in [7, 11) is 0. The molecule has 156 valence electrons. The highest BCUT2D eigenvalue weighted by atomic mass is 19.3. The number of hydrogen-bond donors (Lipinski definition) is 1. The molecule has 0 amide bonds. The Morgan fingerprint density at radius 1 is 1.20 bits per heavy atom. The molecular weight excluding hydrogens is 388 g/mol. The Labute approximate surface area is 173 Å². The average Bonchev–Trinajstić information content (AvgIpc) is 3.09. The second-order valence-corrected chi connectivity index (χ2v) is 7.86. The molecule has 6 nitrogen and oxygen atoms in total. The van der Waals surface area contributed by atoms with Crippen molar-refractivity contribution in [3.8, 4) is 0 Å². The zero-order valence-corrected chi connectivity index (χ0v) is 16.7. The van der Waals surface area contributed by atoms with E-state index in [1.165, 1.54) is 6.07 Å². The number of pyridine rings is 1. The fourth-order valence-electron chi connectivity index (χ4n) is 4.38. The van der Waals surface area contributed by atoms with Crippen LogP contribution < -0.4 is 10.2 Å². The maximum absolute atomic E-state index is 14.2. The number of nitrogens with zero attached hydrogens (tertiary/aromatic N) is 4. The van der Waals surface area contributed by atoms with Gasteiger partial charge in [-0.15, -0.1) is 5.10 Å². The molecule has 1 atom stereocenters. The molecule has 0 spiro atoms. The Kier molecular flexibility index (Phi) is 4.73. The largest absolute Gasteiger partial charge is 0.378 e. The summed E-state index contributed by atoms with van der Waals surface area (Å²) in [6, 6.07) is 7.02. The normalized spacial score (nSPS) is 19.0. The summed E-state index contributed by atoms with van der Waals surface area (Å²) >= 11 is 0. The number of nitrogens with one attached hydrogen (secondary N) is 1. The van der Waals surface area contributed by atoms with Crippen molar-refractivity contribution in [2.75, 3.05) is 36.5 Å². The van der Waals surface area contributed by atoms with E-state index in [2.05, 4.69) is 31.5 Å². The number of ether oxygens (including phenoxy) is 1. The Morgan fingerprint density at radius 2 is 2.03 bits per heavy atom. The molecule has 1 N–H and O–H groups in total. The number of fused-ring (bicyclic) bond motifs is 2. The van der Waals surface area contributed by atoms with E-state index in [1.807, 2.05) is 19.2 Å². The summed E-state index contributed by atoms with van der Waals surface area (Å²) in [6.07, 6.45) is 3.73. The second-order valence-electron chi connectivity index (χ2n) is 7.86. The molecule has 3 heterocycles. The van der Waals surface area contributed by atoms with Crippen LogP contribution in [-0.2, 0) is 17.1 Å². The van der Waals surface area contributed by atoms with Crippen molar-refractivity contribution >= 4 is 22.4 Å². The molecule has 1 aromatic carbocycles. The first kappa shape index (κ1) is 19.1. The average molecular weight is 411 g/mol. The smallest absolute Gasteiger partial charge is 0.273 e. The lowest BCUT2D eigenvalue weighted by molar-refractivity contribution is -0.00184. The lowest BCUT2D eigenvalue weighted by atomic mass is 9.97. The minimum absolute atomic E-state index is 0.132. The Balaban J connectivity index is 1.48. The molecular formula is C22H23F2N5O. The van der Waals surface area contributed by atoms with Crippen LogP contribution in [0.25, 0.3) is 10.9 Å². The van der Waals surface area contributed by atoms with Gasteiger partial charge in [0.2, 0.25) is 0 Å². The number of halogens is 2. The monoisotopic (exact) mass is 411 g/mol. The number of aromatic nitrogens is 3. The van der Waals surface area contributed by atoms with E-state index in [-0.39, 0.29) is 18.0 Å². The molecule has 0 saturated carbocycles. The molecule has 1 aliphatic carbocycles. The van der Waals surface area contributed by atoms with Gasteiger partial charge in [-0.3, -0.25) is 4.98 Å². The minimum Gasteiger partial charge on any atom is -0.378 e. The van der Waals surface area contributed by atoms with Gasteiger partial charge in [0.25, 0.3) is 5.92 Å². The number of rotatable bonds is 4. The molecule has 1 saturated heterocycles. The van der Waals surface area contributed by atoms with Crippen molar-refractivity contribution in [3.63, 3.8) is 0 Å². The highest BCUT2D eigenvalue weighted by Crippen LogP contribution is 2.44. The number of anilines is 2. The van der Waals surface area contributed by atoms with E-state index >= 15 is 0 Å². The third kappa shape index (κ3) is 3.35. The van der Waals surface area contributed by atoms with Crippen LogP contribution in [0.3, 0.4) is 0 Å². The maximum atomic E-state index is 14.2. The van der Waals surface area contributed by atoms with Crippen LogP contribution in [0.15, 0.2) is 36.7 Å². The van der Waals surface area contributed by atoms with Crippen LogP contribution >= 0.6 is 0 Å². The highest BCUT2D eigenvalue weighted by Gasteiger charge is 2.40. The fourth-order valence-corrected chi connectivity index (χ4v) is 4.38. The first-order chi connectivity index (χ1) is 14.5. The SMILES string of the molecule is C[C@@H](Nc1nncc2ncc(N3CCOCC3)cc12)c1cccc2c1CCC2(F)F. The first-order valence-electron chi connectivity index (χ1n) is 10.2. The summed E-state index contributed by atoms with van der Waals surface area (Å²) < 4.78 is 33.8. The van der Waals surface area contributed by atoms with Crippen molar-refractivity contribution in [2.24, 2.45) is 0 Å². The summed E-state index contributed by atoms with van der Waals surface area (Å²) in [5.41, 5.74) is 3.51. The number of benzene rings is 1. The van der Waals surface area contributed by atoms with Gasteiger partial charge in [-0.2, -0.15) is 5.10 Å². The zero-order valence-electron chi connectivity index (χ0n) is 16.7. The van der Waals surface area contributed by atoms with E-state index in [0.29, 0.717) is 25.5 Å². The molecule has 8 heteroatoms. The second kappa shape index (κ2) is 7.43. The topological polar surface area (TPSA) is 63.2 Å². The van der Waals surface area contributed by atoms with E-state index in [0.717, 1.165) is 40.8 Å². The van der Waals surface area contributed by atoms with Crippen LogP contribution in [0, 0.1) is 0 Å². The molecule has 2 aromatic heterocycles. The maximum Gasteiger partial charge on any atom is 0.273 e. The van der Waals surface area contributed by atoms with Crippen molar-refractivity contribution in [1.29, 1.82) is 0 Å². The van der Waals surface area contributed by atoms with E-state index < -0.39 is 5.92 Å². The summed E-state index contributed by atoms with van der Waals surface area (Å²) in [4.78, 5) is 6.78. The standard InChI is InChI=1S/C22H23F2N5O/c1-14(16-3-2-4-19-17(16)5-6-22(19,23)24)27-21-18-11-15(29-7-9-30-10-8-29)12-25-20(18)13-26-28-21/h2-4,11-14H,5-10H2,1H3,(H,27,28)/t14-/m1/s1. The molecule has 0 unspecified atom stereocenters. The Hall–Kier alpha value is -2.87. The third-order valence-electron chi connectivity index (χ3n) is 5.99. The van der Waals surface area contributed by atoms with Crippen molar-refractivity contribution in [1.82, 2.24) is 15.2 Å². The van der Waals surface area contributed by atoms with Crippen LogP contribution in [-0.4, -0.2) is 41.5 Å². The van der Waals surface area contributed by atoms with E-state index in [1.54, 1.807) is 12.3 Å². The van der Waals surface area contributed by atoms with Gasteiger partial charge in [0.05, 0.1) is 42.9 Å². The predicted octanol–water partition coefficient (Wildman–Crippen LogP) is 4.07. The molecule has 5 rings (SSSR count). The lowest BCUT2D eigenvalue weighted by Crippen LogP contribution is -2.36. The molecule has 0 radical (unpaired) electrons. The molecule has 1 fully saturated rings. The van der Waals surface area contributed by atoms with Crippen LogP contribution in [0.5, 0.6) is 0 Å². The van der Waals surface area contributed by atoms with Gasteiger partial charge in [0.15, 0.2) is 5.82 Å². The summed E-state index contributed by atoms with van der Waals surface area (Å²) in [5, 5.41) is 12.6. The van der Waals surface area contributed by atoms with Crippen LogP contribution in [0.2, 0.25) is 0 Å². The van der Waals surface area contributed by atoms with Gasteiger partial charge < -0.3 is 15.0 Å². The predicted molar refractivity (Wildman–Crippen MR) is 111 cm³/mol. The lowest BCUT2D eigenvalue weighted by Gasteiger charge is -2.28. The fraction of sp³-hybridized carbons (Fsp3) is 0.409. The van der Waals surface area contributed by atoms with Crippen molar-refractivity contribution in [3.05, 3.63) is 53.3 Å². The highest BCUT2D eigenvalue weighted by molar-refractivity contribution is 5.90. The molecule has 2 aliphatic rings. The van der Waals surface area contributed by atoms with E-state index in [9.17, 15) is 8.78 Å². The Morgan fingerprint density at radius 3 is 2.87 bits per heavy atom. The molecule has 1 aliphatic heterocycles. The minimum atomic E-state index is -2.75. The van der Waals surface area contributed by atoms with Gasteiger partial charge in [-0.05, 0) is 30.5 Å². The van der Waals surface area contributed by atoms with Gasteiger partial charge in [-0.1, -0.05) is 18.2 Å². The van der Waals surface area contributed by atoms with Gasteiger partial charge >= 0.3 is 0 Å². The molecule has 3 aromatic rings. The molecule has 0 bridgehead atoms. The molecule has 30 heavy (non-hydrogen) atoms. The van der Waals surface area contributed by atoms with Crippen LogP contribution in [0.1, 0.15) is 36.1 Å². The van der Waals surface area contributed by atoms with Crippen LogP contribution in [0.4, 0.5) is 20.3 Å². The zero-order chi connectivity index (χ0) is 20.7. The first-order valence-corrected chi connectivity index (χ1v) is 10.2. The number of morpholine rings is 1.